The molecule has 3 amide bonds. The Bertz CT molecular complexity index is 1720. The van der Waals surface area contributed by atoms with E-state index in [0.717, 1.165) is 16.7 Å². The molecule has 0 radical (unpaired) electrons. The lowest BCUT2D eigenvalue weighted by atomic mass is 10.0. The van der Waals surface area contributed by atoms with Gasteiger partial charge in [-0.05, 0) is 61.4 Å². The highest BCUT2D eigenvalue weighted by atomic mass is 32.2. The third kappa shape index (κ3) is 7.02. The van der Waals surface area contributed by atoms with Crippen LogP contribution in [-0.2, 0) is 19.4 Å². The highest BCUT2D eigenvalue weighted by molar-refractivity contribution is 7.92. The third-order valence-corrected chi connectivity index (χ3v) is 9.17. The number of nitrogens with zero attached hydrogens (tertiary/aromatic N) is 3. The quantitative estimate of drug-likeness (QED) is 0.294. The van der Waals surface area contributed by atoms with Gasteiger partial charge in [0.05, 0.1) is 22.4 Å². The second-order valence-corrected chi connectivity index (χ2v) is 12.8. The van der Waals surface area contributed by atoms with Gasteiger partial charge in [-0.2, -0.15) is 0 Å². The number of nitrogens with one attached hydrogen (secondary N) is 2. The van der Waals surface area contributed by atoms with Crippen LogP contribution >= 0.6 is 11.3 Å². The minimum absolute atomic E-state index is 0.0526. The predicted octanol–water partition coefficient (Wildman–Crippen LogP) is 4.41. The van der Waals surface area contributed by atoms with Crippen molar-refractivity contribution in [3.05, 3.63) is 77.8 Å². The molecule has 41 heavy (non-hydrogen) atoms. The Balaban J connectivity index is 1.40. The Hall–Kier alpha value is -4.42. The first-order valence-corrected chi connectivity index (χ1v) is 15.1. The molecule has 12 heteroatoms. The molecule has 212 valence electrons. The van der Waals surface area contributed by atoms with Crippen LogP contribution in [0.25, 0.3) is 22.4 Å². The van der Waals surface area contributed by atoms with Crippen LogP contribution in [0.4, 0.5) is 10.9 Å². The summed E-state index contributed by atoms with van der Waals surface area (Å²) in [5.41, 5.74) is 3.44. The summed E-state index contributed by atoms with van der Waals surface area (Å²) in [6.07, 6.45) is 1.65. The summed E-state index contributed by atoms with van der Waals surface area (Å²) in [4.78, 5) is 47.1. The smallest absolute Gasteiger partial charge is 0.251 e. The van der Waals surface area contributed by atoms with E-state index < -0.39 is 26.9 Å². The lowest BCUT2D eigenvalue weighted by Gasteiger charge is -2.14. The van der Waals surface area contributed by atoms with Crippen LogP contribution in [0, 0.1) is 0 Å². The van der Waals surface area contributed by atoms with Gasteiger partial charge >= 0.3 is 0 Å². The summed E-state index contributed by atoms with van der Waals surface area (Å²) in [5, 5.41) is 6.75. The maximum atomic E-state index is 12.6. The average Bonchev–Trinajstić information content (AvgIpc) is 3.44. The summed E-state index contributed by atoms with van der Waals surface area (Å²) < 4.78 is 24.8. The summed E-state index contributed by atoms with van der Waals surface area (Å²) in [7, 11) is -1.87. The second kappa shape index (κ2) is 12.4. The van der Waals surface area contributed by atoms with Crippen LogP contribution in [0.3, 0.4) is 0 Å². The van der Waals surface area contributed by atoms with E-state index >= 15 is 0 Å². The summed E-state index contributed by atoms with van der Waals surface area (Å²) in [6.45, 7) is 4.30. The van der Waals surface area contributed by atoms with Gasteiger partial charge in [-0.1, -0.05) is 24.3 Å². The minimum Gasteiger partial charge on any atom is -0.343 e. The first kappa shape index (κ1) is 29.6. The molecule has 10 nitrogen and oxygen atoms in total. The Labute approximate surface area is 242 Å². The molecule has 4 aromatic rings. The molecule has 0 atom stereocenters. The molecule has 2 N–H and O–H groups in total. The van der Waals surface area contributed by atoms with Gasteiger partial charge in [0, 0.05) is 36.7 Å². The molecule has 0 bridgehead atoms. The number of hydrogen-bond acceptors (Lipinski definition) is 8. The molecule has 4 rings (SSSR count). The molecule has 0 fully saturated rings. The maximum absolute atomic E-state index is 12.6. The van der Waals surface area contributed by atoms with Crippen molar-refractivity contribution in [3.63, 3.8) is 0 Å². The van der Waals surface area contributed by atoms with E-state index in [1.807, 2.05) is 41.8 Å². The van der Waals surface area contributed by atoms with E-state index in [1.54, 1.807) is 27.1 Å². The van der Waals surface area contributed by atoms with E-state index in [4.69, 9.17) is 0 Å². The van der Waals surface area contributed by atoms with Crippen LogP contribution in [0.1, 0.15) is 31.1 Å². The number of rotatable bonds is 9. The lowest BCUT2D eigenvalue weighted by Crippen LogP contribution is -2.33. The summed E-state index contributed by atoms with van der Waals surface area (Å²) in [6, 6.07) is 17.1. The normalized spacial score (nSPS) is 11.2. The molecule has 0 spiro atoms. The molecule has 0 saturated heterocycles. The van der Waals surface area contributed by atoms with E-state index in [2.05, 4.69) is 20.6 Å². The molecular weight excluding hydrogens is 562 g/mol. The molecule has 2 heterocycles. The van der Waals surface area contributed by atoms with E-state index in [-0.39, 0.29) is 22.9 Å². The lowest BCUT2D eigenvalue weighted by molar-refractivity contribution is -0.116. The number of amides is 3. The second-order valence-electron chi connectivity index (χ2n) is 9.45. The van der Waals surface area contributed by atoms with Crippen LogP contribution in [0.15, 0.2) is 77.1 Å². The summed E-state index contributed by atoms with van der Waals surface area (Å²) in [5.74, 6) is -0.616. The van der Waals surface area contributed by atoms with Crippen molar-refractivity contribution in [1.82, 2.24) is 15.3 Å². The van der Waals surface area contributed by atoms with Gasteiger partial charge in [0.25, 0.3) is 5.91 Å². The van der Waals surface area contributed by atoms with Gasteiger partial charge in [-0.3, -0.25) is 14.4 Å². The standard InChI is InChI=1S/C29H29N5O5S2/c1-18(2)41(38,39)24-10-6-9-23(14-24)28(37)31-16-27(36)33-29-32-25(17-40-29)22-8-5-7-20(13-22)21-11-12-30-26(15-21)34(4)19(3)35/h5-15,17-18H,16H2,1-4H3,(H,31,37)(H,32,33,36). The van der Waals surface area contributed by atoms with Crippen LogP contribution in [-0.4, -0.2) is 54.9 Å². The average molecular weight is 592 g/mol. The van der Waals surface area contributed by atoms with Crippen molar-refractivity contribution in [3.8, 4) is 22.4 Å². The first-order valence-electron chi connectivity index (χ1n) is 12.6. The van der Waals surface area contributed by atoms with Crippen molar-refractivity contribution in [1.29, 1.82) is 0 Å². The molecule has 0 aliphatic rings. The topological polar surface area (TPSA) is 138 Å². The monoisotopic (exact) mass is 591 g/mol. The van der Waals surface area contributed by atoms with Gasteiger partial charge in [-0.15, -0.1) is 11.3 Å². The van der Waals surface area contributed by atoms with Crippen molar-refractivity contribution >= 4 is 49.8 Å². The molecule has 0 aliphatic heterocycles. The Morgan fingerprint density at radius 2 is 1.68 bits per heavy atom. The Morgan fingerprint density at radius 1 is 0.976 bits per heavy atom. The van der Waals surface area contributed by atoms with E-state index in [0.29, 0.717) is 16.6 Å². The SMILES string of the molecule is CC(=O)N(C)c1cc(-c2cccc(-c3csc(NC(=O)CNC(=O)c4cccc(S(=O)(=O)C(C)C)c4)n3)c2)ccn1. The van der Waals surface area contributed by atoms with E-state index in [9.17, 15) is 22.8 Å². The number of anilines is 2. The zero-order valence-electron chi connectivity index (χ0n) is 22.9. The fourth-order valence-electron chi connectivity index (χ4n) is 3.78. The Morgan fingerprint density at radius 3 is 2.41 bits per heavy atom. The fourth-order valence-corrected chi connectivity index (χ4v) is 5.62. The fraction of sp³-hybridized carbons (Fsp3) is 0.207. The number of hydrogen-bond donors (Lipinski definition) is 2. The third-order valence-electron chi connectivity index (χ3n) is 6.26. The molecule has 0 unspecified atom stereocenters. The number of pyridine rings is 1. The van der Waals surface area contributed by atoms with Crippen LogP contribution < -0.4 is 15.5 Å². The zero-order valence-corrected chi connectivity index (χ0v) is 24.5. The highest BCUT2D eigenvalue weighted by Gasteiger charge is 2.20. The highest BCUT2D eigenvalue weighted by Crippen LogP contribution is 2.30. The summed E-state index contributed by atoms with van der Waals surface area (Å²) >= 11 is 1.25. The van der Waals surface area contributed by atoms with Crippen molar-refractivity contribution in [2.45, 2.75) is 30.9 Å². The van der Waals surface area contributed by atoms with Crippen LogP contribution in [0.2, 0.25) is 0 Å². The number of carbonyl (C=O) groups is 3. The zero-order chi connectivity index (χ0) is 29.7. The molecular formula is C29H29N5O5S2. The molecule has 2 aromatic carbocycles. The number of benzene rings is 2. The molecule has 2 aromatic heterocycles. The van der Waals surface area contributed by atoms with Crippen molar-refractivity contribution in [2.24, 2.45) is 0 Å². The van der Waals surface area contributed by atoms with Gasteiger partial charge in [-0.25, -0.2) is 18.4 Å². The number of aromatic nitrogens is 2. The van der Waals surface area contributed by atoms with Crippen molar-refractivity contribution < 1.29 is 22.8 Å². The maximum Gasteiger partial charge on any atom is 0.251 e. The Kier molecular flexibility index (Phi) is 8.94. The van der Waals surface area contributed by atoms with Gasteiger partial charge in [0.15, 0.2) is 15.0 Å². The number of carbonyl (C=O) groups excluding carboxylic acids is 3. The predicted molar refractivity (Wildman–Crippen MR) is 160 cm³/mol. The van der Waals surface area contributed by atoms with Gasteiger partial charge in [0.2, 0.25) is 11.8 Å². The first-order chi connectivity index (χ1) is 19.5. The van der Waals surface area contributed by atoms with Crippen LogP contribution in [0.5, 0.6) is 0 Å². The van der Waals surface area contributed by atoms with Crippen molar-refractivity contribution in [2.75, 3.05) is 23.8 Å². The van der Waals surface area contributed by atoms with E-state index in [1.165, 1.54) is 47.4 Å². The number of thiazole rings is 1. The van der Waals surface area contributed by atoms with Gasteiger partial charge < -0.3 is 15.5 Å². The van der Waals surface area contributed by atoms with Gasteiger partial charge in [0.1, 0.15) is 5.82 Å². The molecule has 0 saturated carbocycles. The largest absolute Gasteiger partial charge is 0.343 e. The number of sulfone groups is 1. The minimum atomic E-state index is -3.54. The molecule has 0 aliphatic carbocycles.